The van der Waals surface area contributed by atoms with Crippen LogP contribution in [0, 0.1) is 20.8 Å². The maximum absolute atomic E-state index is 10.4. The van der Waals surface area contributed by atoms with Crippen LogP contribution in [0.25, 0.3) is 0 Å². The summed E-state index contributed by atoms with van der Waals surface area (Å²) in [6, 6.07) is 14.2. The molecule has 17 heavy (non-hydrogen) atoms. The molecule has 0 unspecified atom stereocenters. The van der Waals surface area contributed by atoms with Crippen molar-refractivity contribution in [2.24, 2.45) is 0 Å². The Hall–Kier alpha value is -1.60. The molecule has 0 radical (unpaired) electrons. The number of hydrogen-bond acceptors (Lipinski definition) is 1. The van der Waals surface area contributed by atoms with Crippen molar-refractivity contribution in [3.05, 3.63) is 70.3 Å². The van der Waals surface area contributed by atoms with E-state index in [1.165, 1.54) is 11.1 Å². The van der Waals surface area contributed by atoms with Crippen LogP contribution in [0.3, 0.4) is 0 Å². The minimum Gasteiger partial charge on any atom is -0.384 e. The van der Waals surface area contributed by atoms with Crippen LogP contribution in [0.15, 0.2) is 42.5 Å². The molecule has 0 aromatic heterocycles. The first-order chi connectivity index (χ1) is 8.08. The van der Waals surface area contributed by atoms with Gasteiger partial charge in [-0.2, -0.15) is 0 Å². The van der Waals surface area contributed by atoms with Crippen molar-refractivity contribution in [2.75, 3.05) is 0 Å². The number of rotatable bonds is 2. The van der Waals surface area contributed by atoms with Crippen LogP contribution in [0.4, 0.5) is 0 Å². The van der Waals surface area contributed by atoms with Crippen molar-refractivity contribution in [1.82, 2.24) is 0 Å². The lowest BCUT2D eigenvalue weighted by Crippen LogP contribution is -2.02. The maximum atomic E-state index is 10.4. The zero-order valence-electron chi connectivity index (χ0n) is 10.6. The Morgan fingerprint density at radius 1 is 0.882 bits per heavy atom. The van der Waals surface area contributed by atoms with Gasteiger partial charge in [0.1, 0.15) is 6.10 Å². The Kier molecular flexibility index (Phi) is 3.30. The smallest absolute Gasteiger partial charge is 0.104 e. The summed E-state index contributed by atoms with van der Waals surface area (Å²) in [6.45, 7) is 6.12. The summed E-state index contributed by atoms with van der Waals surface area (Å²) in [7, 11) is 0. The van der Waals surface area contributed by atoms with E-state index in [0.717, 1.165) is 16.7 Å². The molecule has 2 aromatic rings. The van der Waals surface area contributed by atoms with Crippen molar-refractivity contribution in [3.63, 3.8) is 0 Å². The summed E-state index contributed by atoms with van der Waals surface area (Å²) in [5, 5.41) is 10.4. The monoisotopic (exact) mass is 226 g/mol. The van der Waals surface area contributed by atoms with Gasteiger partial charge in [-0.1, -0.05) is 53.6 Å². The number of aliphatic hydroxyl groups excluding tert-OH is 1. The normalized spacial score (nSPS) is 12.5. The average Bonchev–Trinajstić information content (AvgIpc) is 2.31. The summed E-state index contributed by atoms with van der Waals surface area (Å²) in [6.07, 6.45) is -0.533. The first kappa shape index (κ1) is 11.9. The van der Waals surface area contributed by atoms with Crippen LogP contribution < -0.4 is 0 Å². The zero-order valence-corrected chi connectivity index (χ0v) is 10.6. The van der Waals surface area contributed by atoms with Crippen molar-refractivity contribution in [3.8, 4) is 0 Å². The lowest BCUT2D eigenvalue weighted by atomic mass is 9.95. The molecule has 0 spiro atoms. The van der Waals surface area contributed by atoms with Crippen molar-refractivity contribution in [2.45, 2.75) is 26.9 Å². The molecule has 0 heterocycles. The summed E-state index contributed by atoms with van der Waals surface area (Å²) < 4.78 is 0. The second-order valence-electron chi connectivity index (χ2n) is 4.68. The molecular formula is C16H18O. The Morgan fingerprint density at radius 2 is 1.59 bits per heavy atom. The highest BCUT2D eigenvalue weighted by atomic mass is 16.3. The molecule has 1 heteroatoms. The van der Waals surface area contributed by atoms with Gasteiger partial charge in [0.15, 0.2) is 0 Å². The van der Waals surface area contributed by atoms with Crippen LogP contribution in [-0.2, 0) is 0 Å². The van der Waals surface area contributed by atoms with Gasteiger partial charge in [0.25, 0.3) is 0 Å². The molecule has 2 rings (SSSR count). The van der Waals surface area contributed by atoms with Gasteiger partial charge in [0, 0.05) is 0 Å². The van der Waals surface area contributed by atoms with Crippen LogP contribution in [0.2, 0.25) is 0 Å². The molecule has 0 aliphatic rings. The molecular weight excluding hydrogens is 208 g/mol. The fourth-order valence-corrected chi connectivity index (χ4v) is 2.07. The van der Waals surface area contributed by atoms with Crippen LogP contribution in [-0.4, -0.2) is 5.11 Å². The van der Waals surface area contributed by atoms with Gasteiger partial charge in [0.2, 0.25) is 0 Å². The minimum absolute atomic E-state index is 0.533. The zero-order chi connectivity index (χ0) is 12.4. The van der Waals surface area contributed by atoms with E-state index in [4.69, 9.17) is 0 Å². The Bertz CT molecular complexity index is 529. The van der Waals surface area contributed by atoms with Crippen molar-refractivity contribution < 1.29 is 5.11 Å². The molecule has 1 N–H and O–H groups in total. The van der Waals surface area contributed by atoms with E-state index in [1.807, 2.05) is 45.0 Å². The molecule has 88 valence electrons. The third-order valence-electron chi connectivity index (χ3n) is 3.09. The van der Waals surface area contributed by atoms with E-state index in [2.05, 4.69) is 18.2 Å². The van der Waals surface area contributed by atoms with Gasteiger partial charge in [-0.15, -0.1) is 0 Å². The molecule has 0 aliphatic carbocycles. The quantitative estimate of drug-likeness (QED) is 0.828. The molecule has 0 bridgehead atoms. The fourth-order valence-electron chi connectivity index (χ4n) is 2.07. The highest BCUT2D eigenvalue weighted by molar-refractivity contribution is 5.38. The Labute approximate surface area is 103 Å². The highest BCUT2D eigenvalue weighted by Gasteiger charge is 2.12. The van der Waals surface area contributed by atoms with Crippen molar-refractivity contribution >= 4 is 0 Å². The van der Waals surface area contributed by atoms with E-state index >= 15 is 0 Å². The summed E-state index contributed by atoms with van der Waals surface area (Å²) >= 11 is 0. The van der Waals surface area contributed by atoms with E-state index in [0.29, 0.717) is 0 Å². The lowest BCUT2D eigenvalue weighted by molar-refractivity contribution is 0.219. The second-order valence-corrected chi connectivity index (χ2v) is 4.68. The molecule has 1 atom stereocenters. The highest BCUT2D eigenvalue weighted by Crippen LogP contribution is 2.26. The molecule has 0 saturated carbocycles. The molecule has 0 fully saturated rings. The first-order valence-electron chi connectivity index (χ1n) is 5.89. The lowest BCUT2D eigenvalue weighted by Gasteiger charge is -2.15. The molecule has 0 aliphatic heterocycles. The first-order valence-corrected chi connectivity index (χ1v) is 5.89. The predicted octanol–water partition coefficient (Wildman–Crippen LogP) is 3.69. The fraction of sp³-hybridized carbons (Fsp3) is 0.250. The maximum Gasteiger partial charge on any atom is 0.104 e. The third kappa shape index (κ3) is 2.56. The van der Waals surface area contributed by atoms with Crippen LogP contribution in [0.1, 0.15) is 33.9 Å². The van der Waals surface area contributed by atoms with Gasteiger partial charge in [-0.05, 0) is 37.5 Å². The number of aliphatic hydroxyl groups is 1. The standard InChI is InChI=1S/C16H18O/c1-11-5-4-6-14(9-11)16(17)15-10-12(2)7-8-13(15)3/h4-10,16-17H,1-3H3/t16-/m1/s1. The molecule has 0 saturated heterocycles. The molecule has 1 nitrogen and oxygen atoms in total. The summed E-state index contributed by atoms with van der Waals surface area (Å²) in [5.74, 6) is 0. The van der Waals surface area contributed by atoms with Crippen molar-refractivity contribution in [1.29, 1.82) is 0 Å². The summed E-state index contributed by atoms with van der Waals surface area (Å²) in [5.41, 5.74) is 5.43. The molecule has 2 aromatic carbocycles. The SMILES string of the molecule is Cc1cccc([C@@H](O)c2cc(C)ccc2C)c1. The van der Waals surface area contributed by atoms with E-state index in [9.17, 15) is 5.11 Å². The van der Waals surface area contributed by atoms with Crippen LogP contribution in [0.5, 0.6) is 0 Å². The molecule has 0 amide bonds. The van der Waals surface area contributed by atoms with Gasteiger partial charge >= 0.3 is 0 Å². The number of aryl methyl sites for hydroxylation is 3. The van der Waals surface area contributed by atoms with Gasteiger partial charge in [-0.3, -0.25) is 0 Å². The largest absolute Gasteiger partial charge is 0.384 e. The predicted molar refractivity (Wildman–Crippen MR) is 71.2 cm³/mol. The van der Waals surface area contributed by atoms with Gasteiger partial charge in [-0.25, -0.2) is 0 Å². The van der Waals surface area contributed by atoms with Gasteiger partial charge < -0.3 is 5.11 Å². The van der Waals surface area contributed by atoms with E-state index in [1.54, 1.807) is 0 Å². The van der Waals surface area contributed by atoms with Gasteiger partial charge in [0.05, 0.1) is 0 Å². The second kappa shape index (κ2) is 4.72. The minimum atomic E-state index is -0.533. The van der Waals surface area contributed by atoms with E-state index in [-0.39, 0.29) is 0 Å². The summed E-state index contributed by atoms with van der Waals surface area (Å²) in [4.78, 5) is 0. The van der Waals surface area contributed by atoms with E-state index < -0.39 is 6.10 Å². The number of benzene rings is 2. The third-order valence-corrected chi connectivity index (χ3v) is 3.09. The number of hydrogen-bond donors (Lipinski definition) is 1. The Morgan fingerprint density at radius 3 is 2.29 bits per heavy atom. The van der Waals surface area contributed by atoms with Crippen LogP contribution >= 0.6 is 0 Å². The average molecular weight is 226 g/mol. The topological polar surface area (TPSA) is 20.2 Å². The Balaban J connectivity index is 2.43.